The molecule has 0 fully saturated rings. The predicted molar refractivity (Wildman–Crippen MR) is 63.4 cm³/mol. The van der Waals surface area contributed by atoms with Crippen LogP contribution in [-0.4, -0.2) is 16.8 Å². The number of alkyl halides is 1. The van der Waals surface area contributed by atoms with E-state index in [-0.39, 0.29) is 11.9 Å². The number of anilines is 1. The van der Waals surface area contributed by atoms with Gasteiger partial charge in [0, 0.05) is 11.1 Å². The molecule has 0 bridgehead atoms. The van der Waals surface area contributed by atoms with Gasteiger partial charge in [-0.2, -0.15) is 4.98 Å². The summed E-state index contributed by atoms with van der Waals surface area (Å²) in [5.74, 6) is -0.580. The molecule has 1 amide bonds. The highest BCUT2D eigenvalue weighted by atomic mass is 35.5. The van der Waals surface area contributed by atoms with E-state index in [0.29, 0.717) is 21.1 Å². The van der Waals surface area contributed by atoms with Crippen LogP contribution in [0, 0.1) is 0 Å². The molecule has 0 atom stereocenters. The van der Waals surface area contributed by atoms with Crippen molar-refractivity contribution >= 4 is 57.8 Å². The van der Waals surface area contributed by atoms with Gasteiger partial charge < -0.3 is 4.42 Å². The highest BCUT2D eigenvalue weighted by molar-refractivity contribution is 6.38. The molecule has 0 aliphatic carbocycles. The van der Waals surface area contributed by atoms with E-state index < -0.39 is 5.91 Å². The topological polar surface area (TPSA) is 55.1 Å². The molecule has 0 saturated heterocycles. The molecule has 0 aliphatic rings. The summed E-state index contributed by atoms with van der Waals surface area (Å²) in [5.41, 5.74) is 0.846. The lowest BCUT2D eigenvalue weighted by atomic mass is 10.3. The maximum atomic E-state index is 11.0. The first-order valence-corrected chi connectivity index (χ1v) is 5.50. The molecule has 0 saturated carbocycles. The van der Waals surface area contributed by atoms with Gasteiger partial charge in [0.1, 0.15) is 11.4 Å². The molecule has 2 aromatic rings. The van der Waals surface area contributed by atoms with Crippen molar-refractivity contribution in [3.05, 3.63) is 22.2 Å². The minimum Gasteiger partial charge on any atom is -0.423 e. The average Bonchev–Trinajstić information content (AvgIpc) is 2.60. The Kier molecular flexibility index (Phi) is 3.23. The van der Waals surface area contributed by atoms with Gasteiger partial charge in [-0.15, -0.1) is 11.6 Å². The number of nitrogens with zero attached hydrogens (tertiary/aromatic N) is 1. The summed E-state index contributed by atoms with van der Waals surface area (Å²) in [7, 11) is 0. The number of rotatable bonds is 2. The Morgan fingerprint density at radius 1 is 1.44 bits per heavy atom. The van der Waals surface area contributed by atoms with Crippen LogP contribution >= 0.6 is 34.8 Å². The predicted octanol–water partition coefficient (Wildman–Crippen LogP) is 3.31. The average molecular weight is 280 g/mol. The van der Waals surface area contributed by atoms with Crippen molar-refractivity contribution in [2.75, 3.05) is 11.2 Å². The second-order valence-corrected chi connectivity index (χ2v) is 4.05. The van der Waals surface area contributed by atoms with Crippen molar-refractivity contribution in [1.82, 2.24) is 4.98 Å². The third kappa shape index (κ3) is 2.24. The summed E-state index contributed by atoms with van der Waals surface area (Å²) in [4.78, 5) is 15.0. The van der Waals surface area contributed by atoms with Crippen molar-refractivity contribution in [3.63, 3.8) is 0 Å². The Morgan fingerprint density at radius 2 is 2.19 bits per heavy atom. The van der Waals surface area contributed by atoms with Crippen LogP contribution in [0.1, 0.15) is 0 Å². The zero-order valence-electron chi connectivity index (χ0n) is 7.76. The monoisotopic (exact) mass is 278 g/mol. The van der Waals surface area contributed by atoms with Gasteiger partial charge >= 0.3 is 6.01 Å². The lowest BCUT2D eigenvalue weighted by Gasteiger charge is -1.93. The van der Waals surface area contributed by atoms with Gasteiger partial charge in [0.25, 0.3) is 0 Å². The number of halogens is 3. The number of nitrogens with one attached hydrogen (secondary N) is 1. The molecule has 1 aromatic carbocycles. The Bertz CT molecular complexity index is 553. The molecule has 0 spiro atoms. The highest BCUT2D eigenvalue weighted by Gasteiger charge is 2.12. The first-order valence-electron chi connectivity index (χ1n) is 4.21. The van der Waals surface area contributed by atoms with E-state index in [9.17, 15) is 4.79 Å². The number of carbonyl (C=O) groups is 1. The van der Waals surface area contributed by atoms with E-state index in [4.69, 9.17) is 39.2 Å². The second-order valence-electron chi connectivity index (χ2n) is 2.94. The van der Waals surface area contributed by atoms with E-state index in [0.717, 1.165) is 0 Å². The number of aromatic nitrogens is 1. The van der Waals surface area contributed by atoms with Crippen LogP contribution in [0.3, 0.4) is 0 Å². The van der Waals surface area contributed by atoms with Gasteiger partial charge in [0.2, 0.25) is 5.91 Å². The normalized spacial score (nSPS) is 10.7. The summed E-state index contributed by atoms with van der Waals surface area (Å²) in [6.45, 7) is 0. The summed E-state index contributed by atoms with van der Waals surface area (Å²) in [6, 6.07) is 3.15. The van der Waals surface area contributed by atoms with Gasteiger partial charge in [0.05, 0.1) is 5.02 Å². The van der Waals surface area contributed by atoms with E-state index in [2.05, 4.69) is 10.3 Å². The fourth-order valence-corrected chi connectivity index (χ4v) is 1.75. The first kappa shape index (κ1) is 11.5. The summed E-state index contributed by atoms with van der Waals surface area (Å²) in [5, 5.41) is 3.17. The lowest BCUT2D eigenvalue weighted by Crippen LogP contribution is -2.12. The highest BCUT2D eigenvalue weighted by Crippen LogP contribution is 2.29. The van der Waals surface area contributed by atoms with Crippen LogP contribution in [0.2, 0.25) is 10.0 Å². The minimum atomic E-state index is -0.407. The smallest absolute Gasteiger partial charge is 0.302 e. The van der Waals surface area contributed by atoms with E-state index in [1.807, 2.05) is 0 Å². The molecule has 7 heteroatoms. The third-order valence-electron chi connectivity index (χ3n) is 1.78. The van der Waals surface area contributed by atoms with Crippen LogP contribution in [0.15, 0.2) is 16.5 Å². The van der Waals surface area contributed by atoms with Gasteiger partial charge in [0.15, 0.2) is 5.58 Å². The Morgan fingerprint density at radius 3 is 2.88 bits per heavy atom. The maximum Gasteiger partial charge on any atom is 0.302 e. The maximum absolute atomic E-state index is 11.0. The molecule has 1 aromatic heterocycles. The van der Waals surface area contributed by atoms with Gasteiger partial charge in [-0.1, -0.05) is 23.2 Å². The zero-order chi connectivity index (χ0) is 11.7. The second kappa shape index (κ2) is 4.49. The largest absolute Gasteiger partial charge is 0.423 e. The summed E-state index contributed by atoms with van der Waals surface area (Å²) in [6.07, 6.45) is 0. The Labute approximate surface area is 105 Å². The van der Waals surface area contributed by atoms with Crippen molar-refractivity contribution < 1.29 is 9.21 Å². The molecule has 4 nitrogen and oxygen atoms in total. The Hall–Kier alpha value is -0.970. The Balaban J connectivity index is 2.44. The van der Waals surface area contributed by atoms with Crippen molar-refractivity contribution in [3.8, 4) is 0 Å². The molecule has 2 rings (SSSR count). The van der Waals surface area contributed by atoms with Crippen LogP contribution in [0.5, 0.6) is 0 Å². The van der Waals surface area contributed by atoms with Crippen molar-refractivity contribution in [1.29, 1.82) is 0 Å². The van der Waals surface area contributed by atoms with Crippen molar-refractivity contribution in [2.45, 2.75) is 0 Å². The zero-order valence-corrected chi connectivity index (χ0v) is 10.0. The standard InChI is InChI=1S/C9H5Cl3N2O2/c10-3-7(15)13-9-14-8-5(12)1-4(11)2-6(8)16-9/h1-2H,3H2,(H,13,14,15). The van der Waals surface area contributed by atoms with E-state index in [1.54, 1.807) is 12.1 Å². The van der Waals surface area contributed by atoms with E-state index >= 15 is 0 Å². The molecular weight excluding hydrogens is 274 g/mol. The minimum absolute atomic E-state index is 0.0461. The molecule has 0 unspecified atom stereocenters. The number of hydrogen-bond donors (Lipinski definition) is 1. The lowest BCUT2D eigenvalue weighted by molar-refractivity contribution is -0.114. The first-order chi connectivity index (χ1) is 7.60. The van der Waals surface area contributed by atoms with Crippen LogP contribution < -0.4 is 5.32 Å². The third-order valence-corrected chi connectivity index (χ3v) is 2.53. The summed E-state index contributed by atoms with van der Waals surface area (Å²) < 4.78 is 5.23. The number of benzene rings is 1. The number of carbonyl (C=O) groups excluding carboxylic acids is 1. The number of hydrogen-bond acceptors (Lipinski definition) is 3. The van der Waals surface area contributed by atoms with Gasteiger partial charge in [-0.25, -0.2) is 0 Å². The molecular formula is C9H5Cl3N2O2. The van der Waals surface area contributed by atoms with Crippen LogP contribution in [0.4, 0.5) is 6.01 Å². The molecule has 0 aliphatic heterocycles. The fraction of sp³-hybridized carbons (Fsp3) is 0.111. The fourth-order valence-electron chi connectivity index (χ4n) is 1.16. The number of oxazole rings is 1. The van der Waals surface area contributed by atoms with E-state index in [1.165, 1.54) is 0 Å². The molecule has 1 heterocycles. The molecule has 16 heavy (non-hydrogen) atoms. The quantitative estimate of drug-likeness (QED) is 0.858. The molecule has 1 N–H and O–H groups in total. The van der Waals surface area contributed by atoms with Gasteiger partial charge in [-0.05, 0) is 6.07 Å². The number of amides is 1. The van der Waals surface area contributed by atoms with Gasteiger partial charge in [-0.3, -0.25) is 10.1 Å². The molecule has 84 valence electrons. The SMILES string of the molecule is O=C(CCl)Nc1nc2c(Cl)cc(Cl)cc2o1. The van der Waals surface area contributed by atoms with Crippen molar-refractivity contribution in [2.24, 2.45) is 0 Å². The van der Waals surface area contributed by atoms with Crippen LogP contribution in [0.25, 0.3) is 11.1 Å². The summed E-state index contributed by atoms with van der Waals surface area (Å²) >= 11 is 17.0. The molecule has 0 radical (unpaired) electrons. The number of fused-ring (bicyclic) bond motifs is 1. The van der Waals surface area contributed by atoms with Crippen LogP contribution in [-0.2, 0) is 4.79 Å².